The Kier molecular flexibility index (Phi) is 6.62. The minimum absolute atomic E-state index is 0.0616. The van der Waals surface area contributed by atoms with Crippen molar-refractivity contribution in [3.05, 3.63) is 65.6 Å². The van der Waals surface area contributed by atoms with Gasteiger partial charge in [0.1, 0.15) is 11.9 Å². The van der Waals surface area contributed by atoms with Crippen LogP contribution in [0.2, 0.25) is 5.02 Å². The molecule has 1 N–H and O–H groups in total. The second-order valence-electron chi connectivity index (χ2n) is 8.66. The van der Waals surface area contributed by atoms with Gasteiger partial charge >= 0.3 is 0 Å². The molecule has 2 aromatic heterocycles. The zero-order valence-corrected chi connectivity index (χ0v) is 22.1. The van der Waals surface area contributed by atoms with Gasteiger partial charge in [0.25, 0.3) is 10.0 Å². The lowest BCUT2D eigenvalue weighted by Gasteiger charge is -2.37. The fourth-order valence-corrected chi connectivity index (χ4v) is 6.34. The van der Waals surface area contributed by atoms with Crippen LogP contribution in [0.3, 0.4) is 0 Å². The minimum Gasteiger partial charge on any atom is -0.368 e. The second-order valence-corrected chi connectivity index (χ2v) is 11.5. The van der Waals surface area contributed by atoms with E-state index in [1.165, 1.54) is 0 Å². The first-order valence-electron chi connectivity index (χ1n) is 11.4. The molecule has 9 nitrogen and oxygen atoms in total. The number of piperazine rings is 1. The van der Waals surface area contributed by atoms with E-state index in [0.717, 1.165) is 28.1 Å². The molecule has 36 heavy (non-hydrogen) atoms. The molecule has 0 unspecified atom stereocenters. The summed E-state index contributed by atoms with van der Waals surface area (Å²) in [5.41, 5.74) is 1.85. The van der Waals surface area contributed by atoms with Crippen molar-refractivity contribution < 1.29 is 13.2 Å². The number of hydrogen-bond acceptors (Lipinski definition) is 7. The van der Waals surface area contributed by atoms with Gasteiger partial charge in [0.2, 0.25) is 11.0 Å². The van der Waals surface area contributed by atoms with Crippen LogP contribution in [0.15, 0.2) is 59.6 Å². The Bertz CT molecular complexity index is 1510. The number of carbonyl (C=O) groups excluding carboxylic acids is 1. The number of benzene rings is 2. The summed E-state index contributed by atoms with van der Waals surface area (Å²) in [5.74, 6) is 0.581. The summed E-state index contributed by atoms with van der Waals surface area (Å²) >= 11 is 7.17. The summed E-state index contributed by atoms with van der Waals surface area (Å²) in [6.07, 6.45) is 1.93. The van der Waals surface area contributed by atoms with Gasteiger partial charge in [-0.05, 0) is 61.7 Å². The second kappa shape index (κ2) is 9.72. The van der Waals surface area contributed by atoms with Gasteiger partial charge in [-0.2, -0.15) is 4.37 Å². The van der Waals surface area contributed by atoms with E-state index in [1.807, 2.05) is 46.9 Å². The van der Waals surface area contributed by atoms with Gasteiger partial charge in [0.15, 0.2) is 0 Å². The molecular weight excluding hydrogens is 520 g/mol. The number of carbonyl (C=O) groups is 1. The van der Waals surface area contributed by atoms with Crippen LogP contribution in [0.4, 0.5) is 10.8 Å². The van der Waals surface area contributed by atoms with E-state index in [9.17, 15) is 13.2 Å². The third kappa shape index (κ3) is 4.91. The number of anilines is 2. The van der Waals surface area contributed by atoms with Crippen LogP contribution in [0.1, 0.15) is 18.8 Å². The van der Waals surface area contributed by atoms with Crippen molar-refractivity contribution in [3.63, 3.8) is 0 Å². The number of fused-ring (bicyclic) bond motifs is 1. The molecule has 1 fully saturated rings. The molecule has 12 heteroatoms. The lowest BCUT2D eigenvalue weighted by Crippen LogP contribution is -2.50. The number of rotatable bonds is 6. The molecule has 1 atom stereocenters. The van der Waals surface area contributed by atoms with E-state index in [0.29, 0.717) is 37.0 Å². The fourth-order valence-electron chi connectivity index (χ4n) is 4.38. The summed E-state index contributed by atoms with van der Waals surface area (Å²) in [5, 5.41) is 1.92. The number of aromatic nitrogens is 3. The van der Waals surface area contributed by atoms with E-state index < -0.39 is 10.0 Å². The first-order chi connectivity index (χ1) is 17.2. The Labute approximate surface area is 218 Å². The fraction of sp³-hybridized carbons (Fsp3) is 0.292. The zero-order valence-electron chi connectivity index (χ0n) is 19.8. The number of aryl methyl sites for hydroxylation is 1. The van der Waals surface area contributed by atoms with Gasteiger partial charge in [-0.3, -0.25) is 9.52 Å². The van der Waals surface area contributed by atoms with Crippen LogP contribution in [0.25, 0.3) is 10.9 Å². The lowest BCUT2D eigenvalue weighted by molar-refractivity contribution is -0.134. The predicted molar refractivity (Wildman–Crippen MR) is 142 cm³/mol. The molecule has 4 aromatic rings. The molecule has 0 spiro atoms. The third-order valence-corrected chi connectivity index (χ3v) is 8.75. The Hall–Kier alpha value is -3.15. The molecule has 5 rings (SSSR count). The molecule has 0 saturated carbocycles. The van der Waals surface area contributed by atoms with E-state index in [1.54, 1.807) is 31.2 Å². The van der Waals surface area contributed by atoms with Crippen LogP contribution >= 0.6 is 23.1 Å². The first kappa shape index (κ1) is 24.5. The monoisotopic (exact) mass is 544 g/mol. The van der Waals surface area contributed by atoms with Gasteiger partial charge in [0, 0.05) is 54.6 Å². The Morgan fingerprint density at radius 3 is 2.47 bits per heavy atom. The van der Waals surface area contributed by atoms with Crippen LogP contribution < -0.4 is 9.62 Å². The molecule has 0 bridgehead atoms. The maximum absolute atomic E-state index is 13.2. The Morgan fingerprint density at radius 1 is 1.08 bits per heavy atom. The Balaban J connectivity index is 1.21. The highest BCUT2D eigenvalue weighted by Crippen LogP contribution is 2.26. The van der Waals surface area contributed by atoms with Gasteiger partial charge in [-0.1, -0.05) is 17.7 Å². The lowest BCUT2D eigenvalue weighted by atomic mass is 10.2. The van der Waals surface area contributed by atoms with Crippen molar-refractivity contribution in [1.82, 2.24) is 18.8 Å². The summed E-state index contributed by atoms with van der Waals surface area (Å²) in [7, 11) is -3.74. The number of nitrogens with one attached hydrogen (secondary N) is 1. The molecule has 188 valence electrons. The highest BCUT2D eigenvalue weighted by molar-refractivity contribution is 7.93. The molecule has 1 amide bonds. The topological polar surface area (TPSA) is 100 Å². The highest BCUT2D eigenvalue weighted by Gasteiger charge is 2.27. The van der Waals surface area contributed by atoms with E-state index in [2.05, 4.69) is 19.0 Å². The summed E-state index contributed by atoms with van der Waals surface area (Å²) < 4.78 is 33.7. The standard InChI is InChI=1S/C24H25ClN6O3S2/c1-16(31-10-9-18-3-4-19(25)15-22(18)31)23(32)30-13-11-29(12-14-30)20-5-7-21(8-6-20)36(33,34)28-24-26-17(2)27-35-24/h3-10,15-16H,11-14H2,1-2H3,(H,26,27,28)/t16-/m0/s1. The molecule has 3 heterocycles. The van der Waals surface area contributed by atoms with Crippen molar-refractivity contribution in [2.45, 2.75) is 24.8 Å². The summed E-state index contributed by atoms with van der Waals surface area (Å²) in [6.45, 7) is 6.10. The molecule has 1 aliphatic rings. The summed E-state index contributed by atoms with van der Waals surface area (Å²) in [6, 6.07) is 14.0. The minimum atomic E-state index is -3.74. The number of amides is 1. The predicted octanol–water partition coefficient (Wildman–Crippen LogP) is 4.17. The van der Waals surface area contributed by atoms with Crippen LogP contribution in [0, 0.1) is 6.92 Å². The van der Waals surface area contributed by atoms with Gasteiger partial charge < -0.3 is 14.4 Å². The third-order valence-electron chi connectivity index (χ3n) is 6.31. The normalized spacial score (nSPS) is 15.3. The zero-order chi connectivity index (χ0) is 25.4. The van der Waals surface area contributed by atoms with Crippen molar-refractivity contribution in [1.29, 1.82) is 0 Å². The van der Waals surface area contributed by atoms with E-state index >= 15 is 0 Å². The molecule has 1 saturated heterocycles. The summed E-state index contributed by atoms with van der Waals surface area (Å²) in [4.78, 5) is 21.5. The maximum atomic E-state index is 13.2. The van der Waals surface area contributed by atoms with Crippen molar-refractivity contribution in [3.8, 4) is 0 Å². The SMILES string of the molecule is Cc1nsc(NS(=O)(=O)c2ccc(N3CCN(C(=O)[C@H](C)n4ccc5ccc(Cl)cc54)CC3)cc2)n1. The number of nitrogens with zero attached hydrogens (tertiary/aromatic N) is 5. The maximum Gasteiger partial charge on any atom is 0.263 e. The van der Waals surface area contributed by atoms with Crippen LogP contribution in [-0.2, 0) is 14.8 Å². The number of hydrogen-bond donors (Lipinski definition) is 1. The van der Waals surface area contributed by atoms with E-state index in [-0.39, 0.29) is 22.0 Å². The van der Waals surface area contributed by atoms with Crippen molar-refractivity contribution in [2.24, 2.45) is 0 Å². The largest absolute Gasteiger partial charge is 0.368 e. The van der Waals surface area contributed by atoms with Gasteiger partial charge in [-0.25, -0.2) is 13.4 Å². The average Bonchev–Trinajstić information content (AvgIpc) is 3.48. The molecular formula is C24H25ClN6O3S2. The quantitative estimate of drug-likeness (QED) is 0.391. The van der Waals surface area contributed by atoms with E-state index in [4.69, 9.17) is 11.6 Å². The molecule has 0 aliphatic carbocycles. The molecule has 1 aliphatic heterocycles. The van der Waals surface area contributed by atoms with Gasteiger partial charge in [-0.15, -0.1) is 0 Å². The number of halogens is 1. The Morgan fingerprint density at radius 2 is 1.81 bits per heavy atom. The van der Waals surface area contributed by atoms with Crippen LogP contribution in [0.5, 0.6) is 0 Å². The average molecular weight is 545 g/mol. The molecule has 2 aromatic carbocycles. The number of sulfonamides is 1. The van der Waals surface area contributed by atoms with Crippen molar-refractivity contribution >= 4 is 60.8 Å². The first-order valence-corrected chi connectivity index (χ1v) is 14.1. The highest BCUT2D eigenvalue weighted by atomic mass is 35.5. The smallest absolute Gasteiger partial charge is 0.263 e. The van der Waals surface area contributed by atoms with Crippen LogP contribution in [-0.4, -0.2) is 59.3 Å². The molecule has 0 radical (unpaired) electrons. The van der Waals surface area contributed by atoms with Gasteiger partial charge in [0.05, 0.1) is 10.4 Å². The van der Waals surface area contributed by atoms with Crippen molar-refractivity contribution in [2.75, 3.05) is 35.8 Å².